The fourth-order valence-corrected chi connectivity index (χ4v) is 3.71. The number of aliphatic carboxylic acids is 1. The van der Waals surface area contributed by atoms with Crippen LogP contribution >= 0.6 is 11.8 Å². The van der Waals surface area contributed by atoms with Crippen molar-refractivity contribution in [3.05, 3.63) is 0 Å². The van der Waals surface area contributed by atoms with Gasteiger partial charge in [-0.05, 0) is 12.2 Å². The summed E-state index contributed by atoms with van der Waals surface area (Å²) in [6.45, 7) is 0.111. The second-order valence-corrected chi connectivity index (χ2v) is 5.96. The number of carbonyl (C=O) groups is 2. The normalized spacial score (nSPS) is 31.7. The highest BCUT2D eigenvalue weighted by molar-refractivity contribution is 7.99. The molecule has 3 atom stereocenters. The number of aliphatic hydroxyl groups is 1. The number of likely N-dealkylation sites (tertiary alicyclic amines) is 1. The second kappa shape index (κ2) is 5.36. The van der Waals surface area contributed by atoms with E-state index >= 15 is 0 Å². The number of carboxylic acid groups (broad SMARTS) is 1. The highest BCUT2D eigenvalue weighted by Crippen LogP contribution is 2.25. The number of hydrogen-bond donors (Lipinski definition) is 2. The monoisotopic (exact) mass is 274 g/mol. The average Bonchev–Trinajstić information content (AvgIpc) is 2.95. The van der Waals surface area contributed by atoms with Crippen molar-refractivity contribution < 1.29 is 19.8 Å². The van der Waals surface area contributed by atoms with Gasteiger partial charge in [0.1, 0.15) is 6.04 Å². The Labute approximate surface area is 110 Å². The van der Waals surface area contributed by atoms with Crippen molar-refractivity contribution in [2.75, 3.05) is 25.1 Å². The third kappa shape index (κ3) is 2.56. The Bertz CT molecular complexity index is 346. The van der Waals surface area contributed by atoms with E-state index in [1.54, 1.807) is 23.7 Å². The van der Waals surface area contributed by atoms with Crippen LogP contribution in [0.3, 0.4) is 0 Å². The van der Waals surface area contributed by atoms with Gasteiger partial charge in [0.2, 0.25) is 0 Å². The van der Waals surface area contributed by atoms with Crippen LogP contribution in [-0.4, -0.2) is 75.3 Å². The Morgan fingerprint density at radius 1 is 1.44 bits per heavy atom. The molecule has 18 heavy (non-hydrogen) atoms. The number of β-amino-alcohol motifs (C(OH)–C–C–N with tert-alkyl or cyclic N) is 1. The first-order chi connectivity index (χ1) is 8.50. The summed E-state index contributed by atoms with van der Waals surface area (Å²) in [6, 6.07) is -1.01. The molecule has 6 nitrogen and oxygen atoms in total. The Balaban J connectivity index is 2.04. The van der Waals surface area contributed by atoms with Crippen molar-refractivity contribution in [3.63, 3.8) is 0 Å². The van der Waals surface area contributed by atoms with Crippen molar-refractivity contribution >= 4 is 23.8 Å². The second-order valence-electron chi connectivity index (χ2n) is 4.81. The van der Waals surface area contributed by atoms with E-state index < -0.39 is 18.1 Å². The Hall–Kier alpha value is -0.950. The summed E-state index contributed by atoms with van der Waals surface area (Å²) in [5.74, 6) is 0.887. The van der Waals surface area contributed by atoms with Crippen molar-refractivity contribution in [2.24, 2.45) is 0 Å². The van der Waals surface area contributed by atoms with E-state index in [0.29, 0.717) is 0 Å². The zero-order valence-electron chi connectivity index (χ0n) is 10.3. The molecule has 1 unspecified atom stereocenters. The van der Waals surface area contributed by atoms with Crippen molar-refractivity contribution in [1.29, 1.82) is 0 Å². The van der Waals surface area contributed by atoms with E-state index in [1.165, 1.54) is 4.90 Å². The number of carboxylic acids is 1. The zero-order valence-corrected chi connectivity index (χ0v) is 11.1. The minimum atomic E-state index is -1.05. The van der Waals surface area contributed by atoms with E-state index in [2.05, 4.69) is 0 Å². The number of rotatable bonds is 2. The van der Waals surface area contributed by atoms with Gasteiger partial charge in [0.25, 0.3) is 0 Å². The molecule has 0 bridgehead atoms. The lowest BCUT2D eigenvalue weighted by Crippen LogP contribution is -2.50. The molecule has 0 aromatic carbocycles. The fraction of sp³-hybridized carbons (Fsp3) is 0.818. The summed E-state index contributed by atoms with van der Waals surface area (Å²) in [4.78, 5) is 26.2. The van der Waals surface area contributed by atoms with Crippen LogP contribution in [0, 0.1) is 0 Å². The lowest BCUT2D eigenvalue weighted by atomic mass is 10.2. The largest absolute Gasteiger partial charge is 0.480 e. The molecule has 2 heterocycles. The summed E-state index contributed by atoms with van der Waals surface area (Å²) in [5, 5.41) is 18.6. The van der Waals surface area contributed by atoms with Crippen LogP contribution in [0.1, 0.15) is 12.8 Å². The van der Waals surface area contributed by atoms with Crippen LogP contribution in [0.4, 0.5) is 4.79 Å². The maximum atomic E-state index is 12.3. The van der Waals surface area contributed by atoms with Gasteiger partial charge in [-0.25, -0.2) is 9.59 Å². The predicted molar refractivity (Wildman–Crippen MR) is 67.6 cm³/mol. The van der Waals surface area contributed by atoms with E-state index in [1.807, 2.05) is 0 Å². The number of urea groups is 1. The number of thioether (sulfide) groups is 1. The van der Waals surface area contributed by atoms with Gasteiger partial charge < -0.3 is 20.0 Å². The number of aliphatic hydroxyl groups excluding tert-OH is 1. The van der Waals surface area contributed by atoms with Gasteiger partial charge in [-0.15, -0.1) is 0 Å². The van der Waals surface area contributed by atoms with Crippen LogP contribution in [-0.2, 0) is 4.79 Å². The molecule has 2 fully saturated rings. The van der Waals surface area contributed by atoms with E-state index in [0.717, 1.165) is 17.9 Å². The van der Waals surface area contributed by atoms with Gasteiger partial charge in [0.05, 0.1) is 6.10 Å². The minimum Gasteiger partial charge on any atom is -0.480 e. The standard InChI is InChI=1S/C11H18N2O4S/c1-12(7-2-3-18-6-7)11(17)13-5-8(14)4-9(13)10(15)16/h7-9,14H,2-6H2,1H3,(H,15,16)/t7?,8-,9-/m1/s1. The minimum absolute atomic E-state index is 0.111. The summed E-state index contributed by atoms with van der Waals surface area (Å²) < 4.78 is 0. The molecule has 2 N–H and O–H groups in total. The van der Waals surface area contributed by atoms with Crippen LogP contribution in [0.25, 0.3) is 0 Å². The third-order valence-corrected chi connectivity index (χ3v) is 4.71. The molecule has 0 aliphatic carbocycles. The van der Waals surface area contributed by atoms with Gasteiger partial charge >= 0.3 is 12.0 Å². The summed E-state index contributed by atoms with van der Waals surface area (Å²) >= 11 is 1.80. The molecule has 2 aliphatic heterocycles. The van der Waals surface area contributed by atoms with Crippen molar-refractivity contribution in [2.45, 2.75) is 31.0 Å². The molecule has 2 rings (SSSR count). The smallest absolute Gasteiger partial charge is 0.326 e. The highest BCUT2D eigenvalue weighted by atomic mass is 32.2. The van der Waals surface area contributed by atoms with E-state index in [9.17, 15) is 14.7 Å². The Morgan fingerprint density at radius 3 is 2.72 bits per heavy atom. The van der Waals surface area contributed by atoms with Crippen molar-refractivity contribution in [3.8, 4) is 0 Å². The predicted octanol–water partition coefficient (Wildman–Crippen LogP) is 0.0635. The number of hydrogen-bond acceptors (Lipinski definition) is 4. The number of amides is 2. The first-order valence-corrected chi connectivity index (χ1v) is 7.18. The topological polar surface area (TPSA) is 81.1 Å². The van der Waals surface area contributed by atoms with Crippen LogP contribution in [0.2, 0.25) is 0 Å². The van der Waals surface area contributed by atoms with Crippen LogP contribution < -0.4 is 0 Å². The van der Waals surface area contributed by atoms with Gasteiger partial charge in [-0.2, -0.15) is 11.8 Å². The lowest BCUT2D eigenvalue weighted by molar-refractivity contribution is -0.141. The molecule has 2 amide bonds. The van der Waals surface area contributed by atoms with Gasteiger partial charge in [0.15, 0.2) is 0 Å². The van der Waals surface area contributed by atoms with Crippen molar-refractivity contribution in [1.82, 2.24) is 9.80 Å². The van der Waals surface area contributed by atoms with E-state index in [-0.39, 0.29) is 25.0 Å². The van der Waals surface area contributed by atoms with Crippen LogP contribution in [0.5, 0.6) is 0 Å². The SMILES string of the molecule is CN(C(=O)N1C[C@H](O)C[C@@H]1C(=O)O)C1CCSC1. The summed E-state index contributed by atoms with van der Waals surface area (Å²) in [7, 11) is 1.71. The van der Waals surface area contributed by atoms with Gasteiger partial charge in [-0.3, -0.25) is 0 Å². The molecule has 2 saturated heterocycles. The maximum Gasteiger partial charge on any atom is 0.326 e. The molecular formula is C11H18N2O4S. The van der Waals surface area contributed by atoms with E-state index in [4.69, 9.17) is 5.11 Å². The molecule has 2 aliphatic rings. The summed E-state index contributed by atoms with van der Waals surface area (Å²) in [6.07, 6.45) is 0.330. The molecule has 0 saturated carbocycles. The molecular weight excluding hydrogens is 256 g/mol. The first-order valence-electron chi connectivity index (χ1n) is 6.02. The van der Waals surface area contributed by atoms with Crippen LogP contribution in [0.15, 0.2) is 0 Å². The maximum absolute atomic E-state index is 12.3. The molecule has 0 spiro atoms. The van der Waals surface area contributed by atoms with Gasteiger partial charge in [0, 0.05) is 31.8 Å². The summed E-state index contributed by atoms with van der Waals surface area (Å²) in [5.41, 5.74) is 0. The highest BCUT2D eigenvalue weighted by Gasteiger charge is 2.41. The number of carbonyl (C=O) groups excluding carboxylic acids is 1. The molecule has 7 heteroatoms. The zero-order chi connectivity index (χ0) is 13.3. The van der Waals surface area contributed by atoms with Gasteiger partial charge in [-0.1, -0.05) is 0 Å². The molecule has 0 aromatic heterocycles. The Morgan fingerprint density at radius 2 is 2.17 bits per heavy atom. The fourth-order valence-electron chi connectivity index (χ4n) is 2.45. The molecule has 0 aromatic rings. The lowest BCUT2D eigenvalue weighted by Gasteiger charge is -2.31. The third-order valence-electron chi connectivity index (χ3n) is 3.56. The average molecular weight is 274 g/mol. The Kier molecular flexibility index (Phi) is 4.01. The quantitative estimate of drug-likeness (QED) is 0.744. The molecule has 102 valence electrons. The molecule has 0 radical (unpaired) electrons. The first kappa shape index (κ1) is 13.5. The number of nitrogens with zero attached hydrogens (tertiary/aromatic N) is 2.